The molecule has 28 heavy (non-hydrogen) atoms. The molecule has 2 atom stereocenters. The minimum atomic E-state index is -3.59. The third-order valence-corrected chi connectivity index (χ3v) is 6.20. The standard InChI is InChI=1S/C21H28N2O4S/c1-6-15(3)23-28(25,26)18-10-8-17(9-11-18)21(24)22-16(4)19-13-14(2)7-12-20(19)27-5/h7-13,15-16,23H,6H2,1-5H3,(H,22,24)/t15-,16-/m1/s1. The van der Waals surface area contributed by atoms with Gasteiger partial charge >= 0.3 is 0 Å². The third kappa shape index (κ3) is 5.33. The topological polar surface area (TPSA) is 84.5 Å². The Morgan fingerprint density at radius 3 is 2.32 bits per heavy atom. The number of benzene rings is 2. The fraction of sp³-hybridized carbons (Fsp3) is 0.381. The third-order valence-electron chi connectivity index (χ3n) is 4.59. The smallest absolute Gasteiger partial charge is 0.251 e. The zero-order valence-corrected chi connectivity index (χ0v) is 17.8. The first-order valence-electron chi connectivity index (χ1n) is 9.25. The van der Waals surface area contributed by atoms with E-state index in [4.69, 9.17) is 4.74 Å². The Hall–Kier alpha value is -2.38. The second-order valence-corrected chi connectivity index (χ2v) is 8.61. The Balaban J connectivity index is 2.14. The highest BCUT2D eigenvalue weighted by Crippen LogP contribution is 2.26. The van der Waals surface area contributed by atoms with Crippen LogP contribution in [0.2, 0.25) is 0 Å². The normalized spacial score (nSPS) is 13.6. The summed E-state index contributed by atoms with van der Waals surface area (Å²) in [7, 11) is -2.00. The highest BCUT2D eigenvalue weighted by Gasteiger charge is 2.19. The molecule has 2 N–H and O–H groups in total. The van der Waals surface area contributed by atoms with Crippen molar-refractivity contribution < 1.29 is 17.9 Å². The van der Waals surface area contributed by atoms with E-state index in [1.165, 1.54) is 24.3 Å². The molecule has 0 fully saturated rings. The van der Waals surface area contributed by atoms with E-state index in [1.54, 1.807) is 14.0 Å². The molecule has 0 radical (unpaired) electrons. The molecule has 0 aliphatic heterocycles. The number of carbonyl (C=O) groups is 1. The molecule has 2 aromatic rings. The van der Waals surface area contributed by atoms with E-state index in [-0.39, 0.29) is 22.9 Å². The van der Waals surface area contributed by atoms with E-state index in [2.05, 4.69) is 10.0 Å². The molecular formula is C21H28N2O4S. The van der Waals surface area contributed by atoms with Crippen molar-refractivity contribution in [2.24, 2.45) is 0 Å². The highest BCUT2D eigenvalue weighted by atomic mass is 32.2. The van der Waals surface area contributed by atoms with Gasteiger partial charge in [-0.15, -0.1) is 0 Å². The summed E-state index contributed by atoms with van der Waals surface area (Å²) in [5.41, 5.74) is 2.34. The van der Waals surface area contributed by atoms with Gasteiger partial charge in [-0.3, -0.25) is 4.79 Å². The minimum Gasteiger partial charge on any atom is -0.496 e. The van der Waals surface area contributed by atoms with Gasteiger partial charge in [0.25, 0.3) is 5.91 Å². The first-order valence-corrected chi connectivity index (χ1v) is 10.7. The Labute approximate surface area is 167 Å². The molecule has 0 saturated heterocycles. The fourth-order valence-corrected chi connectivity index (χ4v) is 4.08. The molecule has 2 rings (SSSR count). The van der Waals surface area contributed by atoms with E-state index in [0.29, 0.717) is 17.7 Å². The number of amides is 1. The second-order valence-electron chi connectivity index (χ2n) is 6.90. The van der Waals surface area contributed by atoms with E-state index in [0.717, 1.165) is 11.1 Å². The van der Waals surface area contributed by atoms with Crippen molar-refractivity contribution in [2.75, 3.05) is 7.11 Å². The van der Waals surface area contributed by atoms with Crippen LogP contribution in [0.25, 0.3) is 0 Å². The van der Waals surface area contributed by atoms with Crippen molar-refractivity contribution in [3.05, 3.63) is 59.2 Å². The summed E-state index contributed by atoms with van der Waals surface area (Å²) in [6.45, 7) is 7.57. The number of carbonyl (C=O) groups excluding carboxylic acids is 1. The summed E-state index contributed by atoms with van der Waals surface area (Å²) < 4.78 is 32.6. The lowest BCUT2D eigenvalue weighted by atomic mass is 10.0. The van der Waals surface area contributed by atoms with Gasteiger partial charge in [-0.05, 0) is 57.5 Å². The molecule has 2 aromatic carbocycles. The van der Waals surface area contributed by atoms with Gasteiger partial charge in [-0.1, -0.05) is 24.6 Å². The molecule has 1 amide bonds. The minimum absolute atomic E-state index is 0.137. The Morgan fingerprint density at radius 2 is 1.75 bits per heavy atom. The van der Waals surface area contributed by atoms with Gasteiger partial charge in [-0.2, -0.15) is 0 Å². The molecule has 0 aliphatic rings. The number of sulfonamides is 1. The predicted molar refractivity (Wildman–Crippen MR) is 110 cm³/mol. The van der Waals surface area contributed by atoms with Gasteiger partial charge in [0.05, 0.1) is 18.0 Å². The molecule has 0 unspecified atom stereocenters. The van der Waals surface area contributed by atoms with Crippen LogP contribution in [0.3, 0.4) is 0 Å². The second kappa shape index (κ2) is 9.21. The van der Waals surface area contributed by atoms with Gasteiger partial charge in [-0.25, -0.2) is 13.1 Å². The van der Waals surface area contributed by atoms with Crippen LogP contribution in [-0.2, 0) is 10.0 Å². The van der Waals surface area contributed by atoms with Crippen molar-refractivity contribution in [3.63, 3.8) is 0 Å². The number of rotatable bonds is 8. The zero-order valence-electron chi connectivity index (χ0n) is 16.9. The van der Waals surface area contributed by atoms with Gasteiger partial charge in [0.2, 0.25) is 10.0 Å². The SMILES string of the molecule is CC[C@@H](C)NS(=O)(=O)c1ccc(C(=O)N[C@H](C)c2cc(C)ccc2OC)cc1. The van der Waals surface area contributed by atoms with E-state index in [1.807, 2.05) is 39.0 Å². The molecule has 0 bridgehead atoms. The van der Waals surface area contributed by atoms with Crippen molar-refractivity contribution in [1.29, 1.82) is 0 Å². The summed E-state index contributed by atoms with van der Waals surface area (Å²) in [4.78, 5) is 12.7. The maximum absolute atomic E-state index is 12.6. The van der Waals surface area contributed by atoms with Crippen LogP contribution in [0.5, 0.6) is 5.75 Å². The molecular weight excluding hydrogens is 376 g/mol. The number of hydrogen-bond donors (Lipinski definition) is 2. The Kier molecular flexibility index (Phi) is 7.21. The van der Waals surface area contributed by atoms with Crippen molar-refractivity contribution in [1.82, 2.24) is 10.0 Å². The van der Waals surface area contributed by atoms with Crippen LogP contribution >= 0.6 is 0 Å². The van der Waals surface area contributed by atoms with Crippen molar-refractivity contribution in [2.45, 2.75) is 51.1 Å². The summed E-state index contributed by atoms with van der Waals surface area (Å²) in [5, 5.41) is 2.93. The number of ether oxygens (including phenoxy) is 1. The molecule has 152 valence electrons. The lowest BCUT2D eigenvalue weighted by Crippen LogP contribution is -2.32. The largest absolute Gasteiger partial charge is 0.496 e. The molecule has 0 saturated carbocycles. The first-order chi connectivity index (χ1) is 13.2. The van der Waals surface area contributed by atoms with Crippen molar-refractivity contribution in [3.8, 4) is 5.75 Å². The van der Waals surface area contributed by atoms with Crippen LogP contribution in [0.4, 0.5) is 0 Å². The molecule has 6 nitrogen and oxygen atoms in total. The molecule has 0 aromatic heterocycles. The quantitative estimate of drug-likeness (QED) is 0.704. The summed E-state index contributed by atoms with van der Waals surface area (Å²) >= 11 is 0. The van der Waals surface area contributed by atoms with Gasteiger partial charge in [0.1, 0.15) is 5.75 Å². The Morgan fingerprint density at radius 1 is 1.11 bits per heavy atom. The maximum atomic E-state index is 12.6. The number of nitrogens with one attached hydrogen (secondary N) is 2. The summed E-state index contributed by atoms with van der Waals surface area (Å²) in [5.74, 6) is 0.422. The van der Waals surface area contributed by atoms with Crippen molar-refractivity contribution >= 4 is 15.9 Å². The van der Waals surface area contributed by atoms with Gasteiger partial charge in [0, 0.05) is 17.2 Å². The van der Waals surface area contributed by atoms with Gasteiger partial charge < -0.3 is 10.1 Å². The lowest BCUT2D eigenvalue weighted by Gasteiger charge is -2.18. The summed E-state index contributed by atoms with van der Waals surface area (Å²) in [6.07, 6.45) is 0.694. The van der Waals surface area contributed by atoms with Crippen LogP contribution < -0.4 is 14.8 Å². The number of hydrogen-bond acceptors (Lipinski definition) is 4. The maximum Gasteiger partial charge on any atom is 0.251 e. The van der Waals surface area contributed by atoms with Crippen LogP contribution in [0.1, 0.15) is 54.7 Å². The fourth-order valence-electron chi connectivity index (χ4n) is 2.75. The zero-order chi connectivity index (χ0) is 20.9. The first kappa shape index (κ1) is 21.9. The predicted octanol–water partition coefficient (Wildman–Crippen LogP) is 3.57. The van der Waals surface area contributed by atoms with E-state index < -0.39 is 10.0 Å². The van der Waals surface area contributed by atoms with Gasteiger partial charge in [0.15, 0.2) is 0 Å². The molecule has 0 aliphatic carbocycles. The molecule has 0 heterocycles. The number of methoxy groups -OCH3 is 1. The number of aryl methyl sites for hydroxylation is 1. The average molecular weight is 405 g/mol. The van der Waals surface area contributed by atoms with Crippen LogP contribution in [0.15, 0.2) is 47.4 Å². The summed E-state index contributed by atoms with van der Waals surface area (Å²) in [6, 6.07) is 11.3. The monoisotopic (exact) mass is 404 g/mol. The average Bonchev–Trinajstić information content (AvgIpc) is 2.67. The molecule has 0 spiro atoms. The highest BCUT2D eigenvalue weighted by molar-refractivity contribution is 7.89. The lowest BCUT2D eigenvalue weighted by molar-refractivity contribution is 0.0939. The Bertz CT molecular complexity index is 924. The van der Waals surface area contributed by atoms with Crippen LogP contribution in [0, 0.1) is 6.92 Å². The van der Waals surface area contributed by atoms with E-state index in [9.17, 15) is 13.2 Å². The van der Waals surface area contributed by atoms with E-state index >= 15 is 0 Å². The molecule has 7 heteroatoms. The van der Waals surface area contributed by atoms with Crippen LogP contribution in [-0.4, -0.2) is 27.5 Å².